The van der Waals surface area contributed by atoms with Crippen molar-refractivity contribution in [3.05, 3.63) is 28.8 Å². The van der Waals surface area contributed by atoms with Crippen LogP contribution in [0.2, 0.25) is 5.02 Å². The summed E-state index contributed by atoms with van der Waals surface area (Å²) >= 11 is 6.07. The quantitative estimate of drug-likeness (QED) is 0.335. The van der Waals surface area contributed by atoms with Crippen molar-refractivity contribution >= 4 is 17.4 Å². The fraction of sp³-hybridized carbons (Fsp3) is 0.533. The van der Waals surface area contributed by atoms with E-state index >= 15 is 0 Å². The first-order chi connectivity index (χ1) is 9.96. The van der Waals surface area contributed by atoms with Crippen LogP contribution in [0.3, 0.4) is 0 Å². The largest absolute Gasteiger partial charge is 0.496 e. The van der Waals surface area contributed by atoms with Crippen molar-refractivity contribution in [1.29, 1.82) is 0 Å². The van der Waals surface area contributed by atoms with Crippen LogP contribution in [0.1, 0.15) is 25.8 Å². The van der Waals surface area contributed by atoms with Gasteiger partial charge in [-0.25, -0.2) is 0 Å². The van der Waals surface area contributed by atoms with Crippen molar-refractivity contribution in [3.63, 3.8) is 0 Å². The number of hydrogen-bond acceptors (Lipinski definition) is 4. The number of ether oxygens (including phenoxy) is 1. The van der Waals surface area contributed by atoms with Crippen molar-refractivity contribution < 1.29 is 9.94 Å². The van der Waals surface area contributed by atoms with E-state index in [0.29, 0.717) is 30.5 Å². The van der Waals surface area contributed by atoms with Gasteiger partial charge in [0, 0.05) is 36.6 Å². The summed E-state index contributed by atoms with van der Waals surface area (Å²) in [5.41, 5.74) is 6.59. The lowest BCUT2D eigenvalue weighted by molar-refractivity contribution is 0.237. The molecule has 1 aromatic carbocycles. The molecule has 0 spiro atoms. The molecule has 0 atom stereocenters. The summed E-state index contributed by atoms with van der Waals surface area (Å²) in [5, 5.41) is 12.3. The number of nitrogens with two attached hydrogens (primary N) is 1. The first-order valence-corrected chi connectivity index (χ1v) is 7.35. The average Bonchev–Trinajstić information content (AvgIpc) is 2.44. The second kappa shape index (κ2) is 8.74. The molecule has 0 radical (unpaired) electrons. The van der Waals surface area contributed by atoms with Crippen molar-refractivity contribution in [1.82, 2.24) is 4.90 Å². The highest BCUT2D eigenvalue weighted by molar-refractivity contribution is 6.30. The number of methoxy groups -OCH3 is 1. The Hall–Kier alpha value is -1.46. The van der Waals surface area contributed by atoms with Gasteiger partial charge < -0.3 is 15.7 Å². The first kappa shape index (κ1) is 17.6. The van der Waals surface area contributed by atoms with Crippen molar-refractivity contribution in [2.24, 2.45) is 16.8 Å². The van der Waals surface area contributed by atoms with Crippen LogP contribution in [0, 0.1) is 5.92 Å². The molecule has 118 valence electrons. The minimum Gasteiger partial charge on any atom is -0.496 e. The molecule has 0 aliphatic carbocycles. The van der Waals surface area contributed by atoms with Gasteiger partial charge in [0.2, 0.25) is 0 Å². The third kappa shape index (κ3) is 6.23. The van der Waals surface area contributed by atoms with E-state index < -0.39 is 0 Å². The third-order valence-corrected chi connectivity index (χ3v) is 3.31. The van der Waals surface area contributed by atoms with Crippen LogP contribution in [-0.4, -0.2) is 36.1 Å². The Morgan fingerprint density at radius 3 is 2.76 bits per heavy atom. The van der Waals surface area contributed by atoms with Crippen LogP contribution in [0.4, 0.5) is 0 Å². The lowest BCUT2D eigenvalue weighted by Gasteiger charge is -2.25. The zero-order valence-electron chi connectivity index (χ0n) is 12.8. The highest BCUT2D eigenvalue weighted by Gasteiger charge is 2.12. The monoisotopic (exact) mass is 313 g/mol. The third-order valence-electron chi connectivity index (χ3n) is 3.07. The Morgan fingerprint density at radius 1 is 1.48 bits per heavy atom. The molecule has 21 heavy (non-hydrogen) atoms. The van der Waals surface area contributed by atoms with Crippen LogP contribution in [0.15, 0.2) is 23.4 Å². The number of benzene rings is 1. The van der Waals surface area contributed by atoms with E-state index in [2.05, 4.69) is 23.9 Å². The molecule has 6 heteroatoms. The van der Waals surface area contributed by atoms with Crippen LogP contribution in [-0.2, 0) is 6.54 Å². The molecule has 0 unspecified atom stereocenters. The Kier molecular flexibility index (Phi) is 7.32. The second-order valence-corrected chi connectivity index (χ2v) is 5.86. The number of hydrogen-bond donors (Lipinski definition) is 2. The molecule has 0 saturated heterocycles. The van der Waals surface area contributed by atoms with Crippen molar-refractivity contribution in [2.75, 3.05) is 20.2 Å². The van der Waals surface area contributed by atoms with Gasteiger partial charge in [0.05, 0.1) is 7.11 Å². The number of nitrogens with zero attached hydrogens (tertiary/aromatic N) is 2. The molecule has 0 aromatic heterocycles. The smallest absolute Gasteiger partial charge is 0.140 e. The maximum absolute atomic E-state index is 8.64. The molecule has 0 fully saturated rings. The molecular formula is C15H24ClN3O2. The predicted octanol–water partition coefficient (Wildman–Crippen LogP) is 2.94. The number of oxime groups is 1. The van der Waals surface area contributed by atoms with Gasteiger partial charge in [0.15, 0.2) is 0 Å². The Labute approximate surface area is 131 Å². The molecule has 1 rings (SSSR count). The number of amidine groups is 1. The molecule has 0 bridgehead atoms. The van der Waals surface area contributed by atoms with E-state index in [1.165, 1.54) is 0 Å². The summed E-state index contributed by atoms with van der Waals surface area (Å²) in [6.07, 6.45) is 0.520. The molecule has 0 saturated carbocycles. The molecule has 5 nitrogen and oxygen atoms in total. The van der Waals surface area contributed by atoms with E-state index in [9.17, 15) is 0 Å². The van der Waals surface area contributed by atoms with Crippen molar-refractivity contribution in [2.45, 2.75) is 26.8 Å². The van der Waals surface area contributed by atoms with E-state index in [1.807, 2.05) is 18.2 Å². The Balaban J connectivity index is 2.82. The van der Waals surface area contributed by atoms with Gasteiger partial charge in [-0.2, -0.15) is 0 Å². The van der Waals surface area contributed by atoms with Crippen LogP contribution >= 0.6 is 11.6 Å². The molecule has 1 aromatic rings. The summed E-state index contributed by atoms with van der Waals surface area (Å²) in [6.45, 7) is 6.65. The minimum atomic E-state index is 0.238. The zero-order chi connectivity index (χ0) is 15.8. The Bertz CT molecular complexity index is 478. The van der Waals surface area contributed by atoms with Gasteiger partial charge in [-0.15, -0.1) is 0 Å². The van der Waals surface area contributed by atoms with Crippen molar-refractivity contribution in [3.8, 4) is 5.75 Å². The molecule has 0 heterocycles. The standard InChI is InChI=1S/C15H24ClN3O2/c1-11(2)9-19(7-6-15(17)18-20)10-12-8-13(16)4-5-14(12)21-3/h4-5,8,11,20H,6-7,9-10H2,1-3H3,(H2,17,18). The first-order valence-electron chi connectivity index (χ1n) is 6.97. The van der Waals surface area contributed by atoms with Gasteiger partial charge >= 0.3 is 0 Å². The van der Waals surface area contributed by atoms with Gasteiger partial charge in [0.1, 0.15) is 11.6 Å². The van der Waals surface area contributed by atoms with E-state index in [-0.39, 0.29) is 5.84 Å². The van der Waals surface area contributed by atoms with E-state index in [0.717, 1.165) is 17.9 Å². The lowest BCUT2D eigenvalue weighted by Crippen LogP contribution is -2.31. The topological polar surface area (TPSA) is 71.1 Å². The zero-order valence-corrected chi connectivity index (χ0v) is 13.6. The molecule has 3 N–H and O–H groups in total. The maximum atomic E-state index is 8.64. The average molecular weight is 314 g/mol. The summed E-state index contributed by atoms with van der Waals surface area (Å²) in [4.78, 5) is 2.25. The molecular weight excluding hydrogens is 290 g/mol. The maximum Gasteiger partial charge on any atom is 0.140 e. The van der Waals surface area contributed by atoms with Gasteiger partial charge in [-0.1, -0.05) is 30.6 Å². The fourth-order valence-corrected chi connectivity index (χ4v) is 2.38. The lowest BCUT2D eigenvalue weighted by atomic mass is 10.1. The molecule has 0 amide bonds. The molecule has 0 aliphatic rings. The highest BCUT2D eigenvalue weighted by Crippen LogP contribution is 2.24. The van der Waals surface area contributed by atoms with E-state index in [4.69, 9.17) is 27.3 Å². The summed E-state index contributed by atoms with van der Waals surface area (Å²) < 4.78 is 5.38. The number of rotatable bonds is 8. The summed E-state index contributed by atoms with van der Waals surface area (Å²) in [7, 11) is 1.65. The minimum absolute atomic E-state index is 0.238. The Morgan fingerprint density at radius 2 is 2.19 bits per heavy atom. The summed E-state index contributed by atoms with van der Waals surface area (Å²) in [5.74, 6) is 1.57. The summed E-state index contributed by atoms with van der Waals surface area (Å²) in [6, 6.07) is 5.60. The van der Waals surface area contributed by atoms with Crippen LogP contribution < -0.4 is 10.5 Å². The fourth-order valence-electron chi connectivity index (χ4n) is 2.19. The van der Waals surface area contributed by atoms with E-state index in [1.54, 1.807) is 7.11 Å². The highest BCUT2D eigenvalue weighted by atomic mass is 35.5. The number of halogens is 1. The van der Waals surface area contributed by atoms with Gasteiger partial charge in [-0.05, 0) is 24.1 Å². The normalized spacial score (nSPS) is 12.2. The van der Waals surface area contributed by atoms with Crippen LogP contribution in [0.25, 0.3) is 0 Å². The second-order valence-electron chi connectivity index (χ2n) is 5.43. The SMILES string of the molecule is COc1ccc(Cl)cc1CN(CCC(N)=NO)CC(C)C. The van der Waals surface area contributed by atoms with Gasteiger partial charge in [0.25, 0.3) is 0 Å². The van der Waals surface area contributed by atoms with Gasteiger partial charge in [-0.3, -0.25) is 4.90 Å². The molecule has 0 aliphatic heterocycles. The predicted molar refractivity (Wildman–Crippen MR) is 86.1 cm³/mol. The van der Waals surface area contributed by atoms with Crippen LogP contribution in [0.5, 0.6) is 5.75 Å².